The van der Waals surface area contributed by atoms with Gasteiger partial charge in [-0.25, -0.2) is 5.48 Å². The van der Waals surface area contributed by atoms with Crippen LogP contribution < -0.4 is 11.2 Å². The summed E-state index contributed by atoms with van der Waals surface area (Å²) in [4.78, 5) is -0.00179. The van der Waals surface area contributed by atoms with Gasteiger partial charge in [0.05, 0.1) is 11.1 Å². The van der Waals surface area contributed by atoms with Crippen molar-refractivity contribution < 1.29 is 12.7 Å². The molecule has 3 N–H and O–H groups in total. The Hall–Kier alpha value is -2.42. The van der Waals surface area contributed by atoms with Crippen LogP contribution >= 0.6 is 11.6 Å². The molecule has 0 fully saturated rings. The van der Waals surface area contributed by atoms with E-state index in [9.17, 15) is 8.42 Å². The van der Waals surface area contributed by atoms with Crippen LogP contribution in [0.25, 0.3) is 0 Å². The number of halogens is 1. The Kier molecular flexibility index (Phi) is 5.91. The van der Waals surface area contributed by atoms with Crippen molar-refractivity contribution in [3.05, 3.63) is 64.7 Å². The molecular weight excluding hydrogens is 352 g/mol. The molecule has 7 nitrogen and oxygen atoms in total. The van der Waals surface area contributed by atoms with Crippen LogP contribution in [0.3, 0.4) is 0 Å². The monoisotopic (exact) mass is 366 g/mol. The maximum absolute atomic E-state index is 11.9. The van der Waals surface area contributed by atoms with Crippen LogP contribution in [0.15, 0.2) is 63.6 Å². The van der Waals surface area contributed by atoms with Gasteiger partial charge in [0.2, 0.25) is 5.96 Å². The molecule has 0 heterocycles. The number of aryl methyl sites for hydroxylation is 1. The molecule has 0 aliphatic carbocycles. The van der Waals surface area contributed by atoms with Crippen molar-refractivity contribution in [3.63, 3.8) is 0 Å². The molecule has 9 heteroatoms. The SMILES string of the molecule is Cc1ccc(S(=O)(=O)ONC(N)=NN=Cc2ccc(Cl)cc2)cc1. The Balaban J connectivity index is 1.95. The van der Waals surface area contributed by atoms with Crippen molar-refractivity contribution in [1.29, 1.82) is 0 Å². The molecule has 2 aromatic carbocycles. The highest BCUT2D eigenvalue weighted by molar-refractivity contribution is 7.86. The lowest BCUT2D eigenvalue weighted by Crippen LogP contribution is -2.33. The van der Waals surface area contributed by atoms with Gasteiger partial charge in [-0.05, 0) is 36.8 Å². The zero-order chi connectivity index (χ0) is 17.6. The molecule has 0 saturated carbocycles. The van der Waals surface area contributed by atoms with E-state index in [1.807, 2.05) is 12.4 Å². The number of hydrogen-bond acceptors (Lipinski definition) is 5. The smallest absolute Gasteiger partial charge is 0.317 e. The highest BCUT2D eigenvalue weighted by Crippen LogP contribution is 2.12. The highest BCUT2D eigenvalue weighted by atomic mass is 35.5. The second-order valence-corrected chi connectivity index (χ2v) is 6.72. The number of hydroxylamine groups is 1. The van der Waals surface area contributed by atoms with Crippen molar-refractivity contribution in [2.24, 2.45) is 15.9 Å². The van der Waals surface area contributed by atoms with Crippen LogP contribution in [0.2, 0.25) is 5.02 Å². The van der Waals surface area contributed by atoms with Gasteiger partial charge >= 0.3 is 10.1 Å². The van der Waals surface area contributed by atoms with Crippen LogP contribution in [0.5, 0.6) is 0 Å². The average molecular weight is 367 g/mol. The van der Waals surface area contributed by atoms with Crippen LogP contribution in [-0.2, 0) is 14.4 Å². The lowest BCUT2D eigenvalue weighted by Gasteiger charge is -2.06. The normalized spacial score (nSPS) is 12.5. The summed E-state index contributed by atoms with van der Waals surface area (Å²) in [5.74, 6) is -0.309. The first kappa shape index (κ1) is 17.9. The number of nitrogens with zero attached hydrogens (tertiary/aromatic N) is 2. The van der Waals surface area contributed by atoms with Gasteiger partial charge in [0.15, 0.2) is 0 Å². The second kappa shape index (κ2) is 7.91. The number of hydrogen-bond donors (Lipinski definition) is 2. The van der Waals surface area contributed by atoms with Gasteiger partial charge in [0.1, 0.15) is 0 Å². The van der Waals surface area contributed by atoms with E-state index in [0.29, 0.717) is 5.02 Å². The number of nitrogens with one attached hydrogen (secondary N) is 1. The number of nitrogens with two attached hydrogens (primary N) is 1. The Morgan fingerprint density at radius 2 is 1.79 bits per heavy atom. The standard InChI is InChI=1S/C15H15ClN4O3S/c1-11-2-8-14(9-3-11)24(21,22)23-20-15(17)19-18-10-12-4-6-13(16)7-5-12/h2-10H,1H3,(H3,17,19,20). The first-order valence-corrected chi connectivity index (χ1v) is 8.54. The van der Waals surface area contributed by atoms with Crippen molar-refractivity contribution >= 4 is 33.9 Å². The van der Waals surface area contributed by atoms with Crippen LogP contribution in [0, 0.1) is 6.92 Å². The average Bonchev–Trinajstić information content (AvgIpc) is 2.55. The summed E-state index contributed by atoms with van der Waals surface area (Å²) in [5, 5.41) is 7.90. The lowest BCUT2D eigenvalue weighted by atomic mass is 10.2. The molecule has 24 heavy (non-hydrogen) atoms. The summed E-state index contributed by atoms with van der Waals surface area (Å²) in [6.07, 6.45) is 1.43. The van der Waals surface area contributed by atoms with E-state index >= 15 is 0 Å². The van der Waals surface area contributed by atoms with Crippen molar-refractivity contribution in [2.45, 2.75) is 11.8 Å². The minimum atomic E-state index is -3.99. The Bertz CT molecular complexity index is 847. The third-order valence-corrected chi connectivity index (χ3v) is 4.21. The fraction of sp³-hybridized carbons (Fsp3) is 0.0667. The van der Waals surface area contributed by atoms with Gasteiger partial charge in [-0.2, -0.15) is 13.5 Å². The van der Waals surface area contributed by atoms with Crippen molar-refractivity contribution in [1.82, 2.24) is 5.48 Å². The van der Waals surface area contributed by atoms with Gasteiger partial charge in [0, 0.05) is 5.02 Å². The Labute approximate surface area is 144 Å². The highest BCUT2D eigenvalue weighted by Gasteiger charge is 2.15. The molecule has 0 aromatic heterocycles. The summed E-state index contributed by atoms with van der Waals surface area (Å²) in [7, 11) is -3.99. The lowest BCUT2D eigenvalue weighted by molar-refractivity contribution is 0.266. The van der Waals surface area contributed by atoms with E-state index in [2.05, 4.69) is 14.5 Å². The molecule has 2 aromatic rings. The first-order valence-electron chi connectivity index (χ1n) is 6.75. The summed E-state index contributed by atoms with van der Waals surface area (Å²) in [6, 6.07) is 13.1. The molecule has 0 amide bonds. The zero-order valence-electron chi connectivity index (χ0n) is 12.7. The van der Waals surface area contributed by atoms with Gasteiger partial charge < -0.3 is 5.73 Å². The topological polar surface area (TPSA) is 106 Å². The summed E-state index contributed by atoms with van der Waals surface area (Å²) in [5.41, 5.74) is 9.21. The predicted molar refractivity (Wildman–Crippen MR) is 93.3 cm³/mol. The largest absolute Gasteiger partial charge is 0.367 e. The zero-order valence-corrected chi connectivity index (χ0v) is 14.3. The van der Waals surface area contributed by atoms with E-state index in [0.717, 1.165) is 11.1 Å². The first-order chi connectivity index (χ1) is 11.4. The summed E-state index contributed by atoms with van der Waals surface area (Å²) < 4.78 is 28.5. The molecule has 2 rings (SSSR count). The van der Waals surface area contributed by atoms with Gasteiger partial charge in [0.25, 0.3) is 0 Å². The van der Waals surface area contributed by atoms with Gasteiger partial charge in [-0.3, -0.25) is 0 Å². The van der Waals surface area contributed by atoms with Crippen molar-refractivity contribution in [3.8, 4) is 0 Å². The Morgan fingerprint density at radius 1 is 1.17 bits per heavy atom. The summed E-state index contributed by atoms with van der Waals surface area (Å²) >= 11 is 5.76. The van der Waals surface area contributed by atoms with Crippen LogP contribution in [0.1, 0.15) is 11.1 Å². The number of benzene rings is 2. The van der Waals surface area contributed by atoms with Crippen molar-refractivity contribution in [2.75, 3.05) is 0 Å². The molecule has 0 saturated heterocycles. The van der Waals surface area contributed by atoms with Crippen LogP contribution in [0.4, 0.5) is 0 Å². The minimum absolute atomic E-state index is 0.00179. The molecule has 0 spiro atoms. The number of guanidine groups is 1. The van der Waals surface area contributed by atoms with E-state index in [1.54, 1.807) is 36.4 Å². The third-order valence-electron chi connectivity index (χ3n) is 2.81. The second-order valence-electron chi connectivity index (χ2n) is 4.73. The van der Waals surface area contributed by atoms with Gasteiger partial charge in [-0.15, -0.1) is 9.39 Å². The van der Waals surface area contributed by atoms with Gasteiger partial charge in [-0.1, -0.05) is 41.4 Å². The minimum Gasteiger partial charge on any atom is -0.367 e. The fourth-order valence-electron chi connectivity index (χ4n) is 1.58. The van der Waals surface area contributed by atoms with E-state index in [4.69, 9.17) is 17.3 Å². The molecular formula is C15H15ClN4O3S. The maximum atomic E-state index is 11.9. The Morgan fingerprint density at radius 3 is 2.42 bits per heavy atom. The molecule has 0 aliphatic rings. The van der Waals surface area contributed by atoms with Crippen LogP contribution in [-0.4, -0.2) is 20.6 Å². The maximum Gasteiger partial charge on any atom is 0.317 e. The fourth-order valence-corrected chi connectivity index (χ4v) is 2.46. The molecule has 126 valence electrons. The molecule has 0 unspecified atom stereocenters. The number of rotatable bonds is 5. The molecule has 0 aliphatic heterocycles. The predicted octanol–water partition coefficient (Wildman–Crippen LogP) is 2.21. The molecule has 0 atom stereocenters. The quantitative estimate of drug-likeness (QED) is 0.479. The third kappa shape index (κ3) is 5.34. The van der Waals surface area contributed by atoms with E-state index < -0.39 is 10.1 Å². The molecule has 0 radical (unpaired) electrons. The molecule has 0 bridgehead atoms. The van der Waals surface area contributed by atoms with E-state index in [-0.39, 0.29) is 10.9 Å². The van der Waals surface area contributed by atoms with E-state index in [1.165, 1.54) is 18.3 Å². The summed E-state index contributed by atoms with van der Waals surface area (Å²) in [6.45, 7) is 1.85.